The van der Waals surface area contributed by atoms with Crippen LogP contribution in [0.5, 0.6) is 0 Å². The lowest BCUT2D eigenvalue weighted by Gasteiger charge is -2.33. The lowest BCUT2D eigenvalue weighted by atomic mass is 9.90. The molecule has 0 aliphatic heterocycles. The summed E-state index contributed by atoms with van der Waals surface area (Å²) in [7, 11) is 4.33. The highest BCUT2D eigenvalue weighted by molar-refractivity contribution is 5.85. The highest BCUT2D eigenvalue weighted by Crippen LogP contribution is 2.26. The van der Waals surface area contributed by atoms with Crippen molar-refractivity contribution in [2.24, 2.45) is 0 Å². The van der Waals surface area contributed by atoms with Gasteiger partial charge in [0.1, 0.15) is 12.1 Å². The van der Waals surface area contributed by atoms with Gasteiger partial charge in [-0.2, -0.15) is 0 Å². The first-order valence-electron chi connectivity index (χ1n) is 7.34. The number of nitrogens with zero attached hydrogens (tertiary/aromatic N) is 3. The normalized spacial score (nSPS) is 21.2. The van der Waals surface area contributed by atoms with Gasteiger partial charge in [0.2, 0.25) is 5.71 Å². The Labute approximate surface area is 129 Å². The average molecular weight is 306 g/mol. The van der Waals surface area contributed by atoms with Gasteiger partial charge in [0.05, 0.1) is 11.6 Å². The molecule has 0 radical (unpaired) electrons. The molecule has 2 N–H and O–H groups in total. The first-order valence-corrected chi connectivity index (χ1v) is 7.34. The van der Waals surface area contributed by atoms with E-state index in [9.17, 15) is 0 Å². The third kappa shape index (κ3) is 3.94. The number of hydrogen-bond acceptors (Lipinski definition) is 6. The molecule has 1 aliphatic carbocycles. The van der Waals surface area contributed by atoms with Gasteiger partial charge in [-0.1, -0.05) is 0 Å². The van der Waals surface area contributed by atoms with Crippen molar-refractivity contribution < 1.29 is 14.3 Å². The van der Waals surface area contributed by atoms with Crippen molar-refractivity contribution >= 4 is 23.4 Å². The van der Waals surface area contributed by atoms with E-state index < -0.39 is 0 Å². The molecule has 1 aliphatic rings. The number of anilines is 1. The molecule has 2 aromatic heterocycles. The average Bonchev–Trinajstić information content (AvgIpc) is 2.98. The molecule has 2 aromatic rings. The summed E-state index contributed by atoms with van der Waals surface area (Å²) in [4.78, 5) is 19.1. The third-order valence-electron chi connectivity index (χ3n) is 4.03. The molecular weight excluding hydrogens is 284 g/mol. The number of carboxylic acid groups (broad SMARTS) is 1. The Morgan fingerprint density at radius 3 is 2.64 bits per heavy atom. The van der Waals surface area contributed by atoms with E-state index in [4.69, 9.17) is 14.3 Å². The van der Waals surface area contributed by atoms with Crippen LogP contribution < -0.4 is 5.32 Å². The molecule has 1 fully saturated rings. The van der Waals surface area contributed by atoms with Gasteiger partial charge in [-0.05, 0) is 45.8 Å². The van der Waals surface area contributed by atoms with Crippen molar-refractivity contribution in [3.05, 3.63) is 18.7 Å². The standard InChI is InChI=1S/C14H20N4O.CH2O2/c1-18(2)11-5-3-10(4-6-11)17-13-12-7-8-19-14(12)16-9-15-13;2-1-3/h7-11H,3-6H2,1-2H3,(H,15,16,17);1H,(H,2,3). The van der Waals surface area contributed by atoms with E-state index in [1.54, 1.807) is 12.6 Å². The maximum absolute atomic E-state index is 8.36. The van der Waals surface area contributed by atoms with Gasteiger partial charge in [-0.3, -0.25) is 4.79 Å². The summed E-state index contributed by atoms with van der Waals surface area (Å²) >= 11 is 0. The Balaban J connectivity index is 0.000000545. The van der Waals surface area contributed by atoms with Crippen LogP contribution in [-0.2, 0) is 4.79 Å². The molecule has 22 heavy (non-hydrogen) atoms. The summed E-state index contributed by atoms with van der Waals surface area (Å²) in [6.45, 7) is -0.250. The lowest BCUT2D eigenvalue weighted by molar-refractivity contribution is -0.122. The smallest absolute Gasteiger partial charge is 0.290 e. The fourth-order valence-electron chi connectivity index (χ4n) is 2.83. The summed E-state index contributed by atoms with van der Waals surface area (Å²) in [5, 5.41) is 11.4. The molecule has 7 nitrogen and oxygen atoms in total. The van der Waals surface area contributed by atoms with Crippen LogP contribution in [0.15, 0.2) is 23.1 Å². The Morgan fingerprint density at radius 2 is 2.00 bits per heavy atom. The largest absolute Gasteiger partial charge is 0.483 e. The minimum absolute atomic E-state index is 0.250. The lowest BCUT2D eigenvalue weighted by Crippen LogP contribution is -2.36. The van der Waals surface area contributed by atoms with Crippen LogP contribution >= 0.6 is 0 Å². The van der Waals surface area contributed by atoms with E-state index in [1.165, 1.54) is 25.7 Å². The van der Waals surface area contributed by atoms with E-state index in [0.717, 1.165) is 17.2 Å². The molecule has 0 unspecified atom stereocenters. The van der Waals surface area contributed by atoms with Crippen LogP contribution in [0.2, 0.25) is 0 Å². The molecule has 0 amide bonds. The zero-order valence-corrected chi connectivity index (χ0v) is 12.9. The second-order valence-electron chi connectivity index (χ2n) is 5.58. The summed E-state index contributed by atoms with van der Waals surface area (Å²) in [5.41, 5.74) is 0.652. The van der Waals surface area contributed by atoms with Crippen molar-refractivity contribution in [3.63, 3.8) is 0 Å². The molecule has 7 heteroatoms. The third-order valence-corrected chi connectivity index (χ3v) is 4.03. The van der Waals surface area contributed by atoms with Crippen molar-refractivity contribution in [1.82, 2.24) is 14.9 Å². The first-order chi connectivity index (χ1) is 10.7. The summed E-state index contributed by atoms with van der Waals surface area (Å²) in [5.74, 6) is 0.895. The molecule has 120 valence electrons. The first kappa shape index (κ1) is 16.2. The highest BCUT2D eigenvalue weighted by Gasteiger charge is 2.23. The Kier molecular flexibility index (Phi) is 5.71. The molecule has 0 saturated heterocycles. The number of hydrogen-bond donors (Lipinski definition) is 2. The number of rotatable bonds is 3. The van der Waals surface area contributed by atoms with Crippen LogP contribution in [0.3, 0.4) is 0 Å². The van der Waals surface area contributed by atoms with Crippen molar-refractivity contribution in [2.45, 2.75) is 37.8 Å². The van der Waals surface area contributed by atoms with Crippen LogP contribution in [0.25, 0.3) is 11.1 Å². The highest BCUT2D eigenvalue weighted by atomic mass is 16.3. The van der Waals surface area contributed by atoms with Gasteiger partial charge in [0.15, 0.2) is 0 Å². The summed E-state index contributed by atoms with van der Waals surface area (Å²) in [6.07, 6.45) is 8.07. The van der Waals surface area contributed by atoms with Gasteiger partial charge in [-0.25, -0.2) is 9.97 Å². The Hall–Kier alpha value is -2.15. The molecule has 3 rings (SSSR count). The minimum atomic E-state index is -0.250. The van der Waals surface area contributed by atoms with Crippen LogP contribution in [0.1, 0.15) is 25.7 Å². The number of fused-ring (bicyclic) bond motifs is 1. The van der Waals surface area contributed by atoms with Gasteiger partial charge in [0, 0.05) is 12.1 Å². The second kappa shape index (κ2) is 7.74. The summed E-state index contributed by atoms with van der Waals surface area (Å²) < 4.78 is 5.30. The maximum atomic E-state index is 8.36. The van der Waals surface area contributed by atoms with Gasteiger partial charge in [-0.15, -0.1) is 0 Å². The van der Waals surface area contributed by atoms with Crippen LogP contribution in [0, 0.1) is 0 Å². The number of furan rings is 1. The molecule has 2 heterocycles. The van der Waals surface area contributed by atoms with Gasteiger partial charge < -0.3 is 19.7 Å². The molecule has 0 bridgehead atoms. The fourth-order valence-corrected chi connectivity index (χ4v) is 2.83. The molecular formula is C15H22N4O3. The number of carbonyl (C=O) groups is 1. The zero-order chi connectivity index (χ0) is 15.9. The fraction of sp³-hybridized carbons (Fsp3) is 0.533. The van der Waals surface area contributed by atoms with Gasteiger partial charge in [0.25, 0.3) is 6.47 Å². The Morgan fingerprint density at radius 1 is 1.32 bits per heavy atom. The second-order valence-corrected chi connectivity index (χ2v) is 5.58. The van der Waals surface area contributed by atoms with Crippen LogP contribution in [0.4, 0.5) is 5.82 Å². The predicted octanol–water partition coefficient (Wildman–Crippen LogP) is 2.21. The predicted molar refractivity (Wildman–Crippen MR) is 83.9 cm³/mol. The topological polar surface area (TPSA) is 91.5 Å². The zero-order valence-electron chi connectivity index (χ0n) is 12.9. The number of aromatic nitrogens is 2. The SMILES string of the molecule is CN(C)C1CCC(Nc2ncnc3occc23)CC1.O=CO. The van der Waals surface area contributed by atoms with E-state index >= 15 is 0 Å². The van der Waals surface area contributed by atoms with Crippen molar-refractivity contribution in [2.75, 3.05) is 19.4 Å². The molecule has 0 atom stereocenters. The van der Waals surface area contributed by atoms with Crippen LogP contribution in [-0.4, -0.2) is 52.6 Å². The van der Waals surface area contributed by atoms with E-state index in [2.05, 4.69) is 34.3 Å². The minimum Gasteiger partial charge on any atom is -0.483 e. The quantitative estimate of drug-likeness (QED) is 0.840. The Bertz CT molecular complexity index is 591. The van der Waals surface area contributed by atoms with E-state index in [1.807, 2.05) is 6.07 Å². The van der Waals surface area contributed by atoms with Gasteiger partial charge >= 0.3 is 0 Å². The molecule has 0 aromatic carbocycles. The number of nitrogens with one attached hydrogen (secondary N) is 1. The van der Waals surface area contributed by atoms with Crippen molar-refractivity contribution in [1.29, 1.82) is 0 Å². The van der Waals surface area contributed by atoms with E-state index in [0.29, 0.717) is 11.8 Å². The molecule has 0 spiro atoms. The molecule has 1 saturated carbocycles. The van der Waals surface area contributed by atoms with E-state index in [-0.39, 0.29) is 6.47 Å². The van der Waals surface area contributed by atoms with Crippen molar-refractivity contribution in [3.8, 4) is 0 Å². The monoisotopic (exact) mass is 306 g/mol. The maximum Gasteiger partial charge on any atom is 0.290 e. The summed E-state index contributed by atoms with van der Waals surface area (Å²) in [6, 6.07) is 3.14.